The van der Waals surface area contributed by atoms with E-state index < -0.39 is 0 Å². The van der Waals surface area contributed by atoms with Gasteiger partial charge in [-0.15, -0.1) is 16.4 Å². The van der Waals surface area contributed by atoms with Gasteiger partial charge in [0.05, 0.1) is 10.9 Å². The number of fused-ring (bicyclic) bond motifs is 2. The second-order valence-electron chi connectivity index (χ2n) is 5.34. The largest absolute Gasteiger partial charge is 0.306 e. The quantitative estimate of drug-likeness (QED) is 0.615. The summed E-state index contributed by atoms with van der Waals surface area (Å²) in [6.07, 6.45) is 3.70. The minimum atomic E-state index is -0.0993. The lowest BCUT2D eigenvalue weighted by molar-refractivity contribution is 0.736. The molecule has 7 heteroatoms. The molecule has 4 rings (SSSR count). The lowest BCUT2D eigenvalue weighted by atomic mass is 10.2. The van der Waals surface area contributed by atoms with Gasteiger partial charge < -0.3 is 4.98 Å². The summed E-state index contributed by atoms with van der Waals surface area (Å²) in [7, 11) is 1.86. The van der Waals surface area contributed by atoms with Crippen molar-refractivity contribution >= 4 is 44.7 Å². The first-order valence-electron chi connectivity index (χ1n) is 7.07. The molecule has 0 bridgehead atoms. The number of hydrogen-bond acceptors (Lipinski definition) is 5. The van der Waals surface area contributed by atoms with Crippen LogP contribution in [0.4, 0.5) is 0 Å². The predicted molar refractivity (Wildman–Crippen MR) is 92.4 cm³/mol. The molecule has 0 saturated carbocycles. The van der Waals surface area contributed by atoms with Crippen molar-refractivity contribution in [3.63, 3.8) is 0 Å². The van der Waals surface area contributed by atoms with E-state index in [1.165, 1.54) is 11.3 Å². The summed E-state index contributed by atoms with van der Waals surface area (Å²) in [4.78, 5) is 20.2. The monoisotopic (exact) mass is 323 g/mol. The van der Waals surface area contributed by atoms with E-state index in [9.17, 15) is 4.79 Å². The Morgan fingerprint density at radius 2 is 2.17 bits per heavy atom. The lowest BCUT2D eigenvalue weighted by Crippen LogP contribution is -2.08. The highest BCUT2D eigenvalue weighted by Crippen LogP contribution is 2.20. The molecule has 0 fully saturated rings. The molecule has 114 valence electrons. The molecule has 0 atom stereocenters. The van der Waals surface area contributed by atoms with E-state index in [1.807, 2.05) is 43.6 Å². The van der Waals surface area contributed by atoms with Crippen LogP contribution in [-0.2, 0) is 7.05 Å². The molecule has 0 amide bonds. The summed E-state index contributed by atoms with van der Waals surface area (Å²) in [5, 5.41) is 10.7. The number of rotatable bonds is 2. The fourth-order valence-electron chi connectivity index (χ4n) is 2.52. The second-order valence-corrected chi connectivity index (χ2v) is 6.20. The van der Waals surface area contributed by atoms with Crippen molar-refractivity contribution < 1.29 is 0 Å². The van der Waals surface area contributed by atoms with Gasteiger partial charge in [-0.05, 0) is 41.6 Å². The number of benzene rings is 1. The number of hydrogen-bond donors (Lipinski definition) is 1. The molecule has 0 spiro atoms. The number of thiophene rings is 1. The fourth-order valence-corrected chi connectivity index (χ4v) is 3.45. The Bertz CT molecular complexity index is 1120. The van der Waals surface area contributed by atoms with E-state index in [-0.39, 0.29) is 5.56 Å². The SMILES string of the molecule is Cc1csc2nc(/C=C/c3ccc4c(c3)nnn4C)[nH]c(=O)c12. The van der Waals surface area contributed by atoms with Crippen LogP contribution in [0, 0.1) is 6.92 Å². The van der Waals surface area contributed by atoms with Crippen LogP contribution in [0.2, 0.25) is 0 Å². The zero-order chi connectivity index (χ0) is 16.0. The van der Waals surface area contributed by atoms with Crippen LogP contribution in [0.25, 0.3) is 33.4 Å². The van der Waals surface area contributed by atoms with Crippen LogP contribution in [0.3, 0.4) is 0 Å². The Labute approximate surface area is 135 Å². The zero-order valence-electron chi connectivity index (χ0n) is 12.6. The molecule has 0 unspecified atom stereocenters. The molecule has 0 saturated heterocycles. The first-order chi connectivity index (χ1) is 11.1. The van der Waals surface area contributed by atoms with Crippen molar-refractivity contribution in [3.05, 3.63) is 50.9 Å². The summed E-state index contributed by atoms with van der Waals surface area (Å²) < 4.78 is 1.73. The summed E-state index contributed by atoms with van der Waals surface area (Å²) in [5.41, 5.74) is 3.65. The Balaban J connectivity index is 1.73. The van der Waals surface area contributed by atoms with Gasteiger partial charge in [0.25, 0.3) is 5.56 Å². The molecule has 0 aliphatic rings. The van der Waals surface area contributed by atoms with E-state index in [2.05, 4.69) is 20.3 Å². The second kappa shape index (κ2) is 5.13. The minimum Gasteiger partial charge on any atom is -0.306 e. The van der Waals surface area contributed by atoms with Crippen molar-refractivity contribution in [2.24, 2.45) is 7.05 Å². The van der Waals surface area contributed by atoms with Gasteiger partial charge in [-0.25, -0.2) is 9.67 Å². The molecule has 0 aliphatic carbocycles. The smallest absolute Gasteiger partial charge is 0.260 e. The standard InChI is InChI=1S/C16H13N5OS/c1-9-8-23-16-14(9)15(22)17-13(18-16)6-4-10-3-5-12-11(7-10)19-20-21(12)2/h3-8H,1-2H3,(H,17,18,22)/b6-4+. The number of aromatic nitrogens is 5. The number of aromatic amines is 1. The van der Waals surface area contributed by atoms with Crippen molar-refractivity contribution in [3.8, 4) is 0 Å². The van der Waals surface area contributed by atoms with Crippen molar-refractivity contribution in [1.29, 1.82) is 0 Å². The maximum atomic E-state index is 12.1. The van der Waals surface area contributed by atoms with Crippen LogP contribution in [0.15, 0.2) is 28.4 Å². The number of nitrogens with one attached hydrogen (secondary N) is 1. The molecule has 1 N–H and O–H groups in total. The van der Waals surface area contributed by atoms with Gasteiger partial charge in [0.2, 0.25) is 0 Å². The first kappa shape index (κ1) is 13.8. The molecular weight excluding hydrogens is 310 g/mol. The molecule has 23 heavy (non-hydrogen) atoms. The van der Waals surface area contributed by atoms with Crippen LogP contribution < -0.4 is 5.56 Å². The third kappa shape index (κ3) is 2.35. The van der Waals surface area contributed by atoms with E-state index >= 15 is 0 Å². The molecule has 3 heterocycles. The van der Waals surface area contributed by atoms with Crippen LogP contribution in [0.5, 0.6) is 0 Å². The highest BCUT2D eigenvalue weighted by Gasteiger charge is 2.07. The Kier molecular flexibility index (Phi) is 3.09. The van der Waals surface area contributed by atoms with Crippen molar-refractivity contribution in [1.82, 2.24) is 25.0 Å². The first-order valence-corrected chi connectivity index (χ1v) is 7.95. The maximum Gasteiger partial charge on any atom is 0.260 e. The van der Waals surface area contributed by atoms with E-state index in [4.69, 9.17) is 0 Å². The van der Waals surface area contributed by atoms with Gasteiger partial charge in [0.15, 0.2) is 0 Å². The van der Waals surface area contributed by atoms with Crippen molar-refractivity contribution in [2.75, 3.05) is 0 Å². The van der Waals surface area contributed by atoms with Crippen LogP contribution >= 0.6 is 11.3 Å². The van der Waals surface area contributed by atoms with Crippen LogP contribution in [0.1, 0.15) is 17.0 Å². The fraction of sp³-hybridized carbons (Fsp3) is 0.125. The molecule has 6 nitrogen and oxygen atoms in total. The topological polar surface area (TPSA) is 76.5 Å². The third-order valence-corrected chi connectivity index (χ3v) is 4.70. The van der Waals surface area contributed by atoms with Gasteiger partial charge in [-0.1, -0.05) is 17.4 Å². The van der Waals surface area contributed by atoms with E-state index in [0.29, 0.717) is 11.2 Å². The highest BCUT2D eigenvalue weighted by molar-refractivity contribution is 7.16. The van der Waals surface area contributed by atoms with Gasteiger partial charge >= 0.3 is 0 Å². The average Bonchev–Trinajstić information content (AvgIpc) is 3.09. The predicted octanol–water partition coefficient (Wildman–Crippen LogP) is 2.75. The molecule has 1 aromatic carbocycles. The Morgan fingerprint density at radius 1 is 1.30 bits per heavy atom. The summed E-state index contributed by atoms with van der Waals surface area (Å²) in [6, 6.07) is 5.90. The Morgan fingerprint density at radius 3 is 3.04 bits per heavy atom. The van der Waals surface area contributed by atoms with Crippen LogP contribution in [-0.4, -0.2) is 25.0 Å². The van der Waals surface area contributed by atoms with E-state index in [1.54, 1.807) is 10.8 Å². The molecule has 3 aromatic heterocycles. The minimum absolute atomic E-state index is 0.0993. The molecular formula is C16H13N5OS. The van der Waals surface area contributed by atoms with Crippen molar-refractivity contribution in [2.45, 2.75) is 6.92 Å². The maximum absolute atomic E-state index is 12.1. The molecule has 0 radical (unpaired) electrons. The third-order valence-electron chi connectivity index (χ3n) is 3.71. The lowest BCUT2D eigenvalue weighted by Gasteiger charge is -1.97. The average molecular weight is 323 g/mol. The molecule has 0 aliphatic heterocycles. The van der Waals surface area contributed by atoms with Gasteiger partial charge in [-0.2, -0.15) is 0 Å². The number of H-pyrrole nitrogens is 1. The van der Waals surface area contributed by atoms with Gasteiger partial charge in [0.1, 0.15) is 16.2 Å². The summed E-state index contributed by atoms with van der Waals surface area (Å²) >= 11 is 1.48. The highest BCUT2D eigenvalue weighted by atomic mass is 32.1. The normalized spacial score (nSPS) is 11.9. The summed E-state index contributed by atoms with van der Waals surface area (Å²) in [6.45, 7) is 1.92. The molecule has 4 aromatic rings. The Hall–Kier alpha value is -2.80. The zero-order valence-corrected chi connectivity index (χ0v) is 13.4. The number of aryl methyl sites for hydroxylation is 2. The van der Waals surface area contributed by atoms with Gasteiger partial charge in [0, 0.05) is 7.05 Å². The van der Waals surface area contributed by atoms with Gasteiger partial charge in [-0.3, -0.25) is 4.79 Å². The summed E-state index contributed by atoms with van der Waals surface area (Å²) in [5.74, 6) is 0.545. The van der Waals surface area contributed by atoms with E-state index in [0.717, 1.165) is 27.0 Å². The number of nitrogens with zero attached hydrogens (tertiary/aromatic N) is 4.